The molecule has 0 aromatic heterocycles. The van der Waals surface area contributed by atoms with Crippen molar-refractivity contribution in [1.29, 1.82) is 5.41 Å². The van der Waals surface area contributed by atoms with Gasteiger partial charge < -0.3 is 11.1 Å². The van der Waals surface area contributed by atoms with E-state index in [0.29, 0.717) is 13.0 Å². The fraction of sp³-hybridized carbons (Fsp3) is 0.222. The maximum absolute atomic E-state index is 12.7. The Morgan fingerprint density at radius 1 is 1.50 bits per heavy atom. The summed E-state index contributed by atoms with van der Waals surface area (Å²) >= 11 is 0. The Bertz CT molecular complexity index is 304. The van der Waals surface area contributed by atoms with Gasteiger partial charge in [-0.3, -0.25) is 5.41 Å². The average Bonchev–Trinajstić information content (AvgIpc) is 2.03. The minimum atomic E-state index is -0.236. The van der Waals surface area contributed by atoms with E-state index >= 15 is 0 Å². The van der Waals surface area contributed by atoms with Gasteiger partial charge in [0.05, 0.1) is 0 Å². The Labute approximate surface area is 88.4 Å². The van der Waals surface area contributed by atoms with Crippen molar-refractivity contribution in [1.82, 2.24) is 5.32 Å². The van der Waals surface area contributed by atoms with Crippen LogP contribution in [0.4, 0.5) is 4.39 Å². The molecular formula is C9H13ClFN3. The van der Waals surface area contributed by atoms with E-state index in [1.54, 1.807) is 6.07 Å². The van der Waals surface area contributed by atoms with Crippen molar-refractivity contribution in [3.8, 4) is 0 Å². The number of rotatable bonds is 3. The smallest absolute Gasteiger partial charge is 0.185 e. The van der Waals surface area contributed by atoms with Crippen LogP contribution in [0.1, 0.15) is 5.56 Å². The molecule has 0 saturated carbocycles. The molecule has 0 amide bonds. The highest BCUT2D eigenvalue weighted by molar-refractivity contribution is 5.85. The van der Waals surface area contributed by atoms with Gasteiger partial charge in [0.25, 0.3) is 0 Å². The molecule has 0 aliphatic carbocycles. The number of nitrogens with one attached hydrogen (secondary N) is 2. The number of nitrogens with two attached hydrogens (primary N) is 1. The molecule has 5 heteroatoms. The molecule has 0 heterocycles. The molecule has 0 saturated heterocycles. The van der Waals surface area contributed by atoms with E-state index in [1.807, 2.05) is 6.07 Å². The second-order valence-corrected chi connectivity index (χ2v) is 2.72. The van der Waals surface area contributed by atoms with Gasteiger partial charge in [0.1, 0.15) is 5.82 Å². The molecule has 1 rings (SSSR count). The first-order valence-electron chi connectivity index (χ1n) is 4.01. The van der Waals surface area contributed by atoms with Gasteiger partial charge in [0.15, 0.2) is 5.96 Å². The number of hydrogen-bond acceptors (Lipinski definition) is 1. The zero-order valence-electron chi connectivity index (χ0n) is 7.59. The largest absolute Gasteiger partial charge is 0.370 e. The maximum atomic E-state index is 12.7. The lowest BCUT2D eigenvalue weighted by Gasteiger charge is -2.03. The number of guanidine groups is 1. The molecule has 3 nitrogen and oxygen atoms in total. The van der Waals surface area contributed by atoms with Gasteiger partial charge in [0.2, 0.25) is 0 Å². The molecule has 0 radical (unpaired) electrons. The molecule has 4 N–H and O–H groups in total. The minimum Gasteiger partial charge on any atom is -0.370 e. The van der Waals surface area contributed by atoms with Crippen molar-refractivity contribution in [2.75, 3.05) is 6.54 Å². The van der Waals surface area contributed by atoms with Crippen molar-refractivity contribution in [3.05, 3.63) is 35.6 Å². The number of halogens is 2. The van der Waals surface area contributed by atoms with Crippen molar-refractivity contribution in [2.24, 2.45) is 5.73 Å². The van der Waals surface area contributed by atoms with Crippen LogP contribution in [-0.4, -0.2) is 12.5 Å². The molecule has 0 aliphatic rings. The number of hydrogen-bond donors (Lipinski definition) is 3. The molecule has 0 spiro atoms. The molecule has 0 unspecified atom stereocenters. The summed E-state index contributed by atoms with van der Waals surface area (Å²) in [6.07, 6.45) is 0.664. The van der Waals surface area contributed by atoms with Crippen molar-refractivity contribution in [2.45, 2.75) is 6.42 Å². The van der Waals surface area contributed by atoms with Gasteiger partial charge in [-0.25, -0.2) is 4.39 Å². The summed E-state index contributed by atoms with van der Waals surface area (Å²) in [7, 11) is 0. The van der Waals surface area contributed by atoms with E-state index in [4.69, 9.17) is 11.1 Å². The van der Waals surface area contributed by atoms with Gasteiger partial charge in [-0.15, -0.1) is 12.4 Å². The first-order valence-corrected chi connectivity index (χ1v) is 4.01. The fourth-order valence-electron chi connectivity index (χ4n) is 1.03. The summed E-state index contributed by atoms with van der Waals surface area (Å²) in [5, 5.41) is 9.55. The van der Waals surface area contributed by atoms with Crippen molar-refractivity contribution in [3.63, 3.8) is 0 Å². The van der Waals surface area contributed by atoms with E-state index in [9.17, 15) is 4.39 Å². The van der Waals surface area contributed by atoms with E-state index in [2.05, 4.69) is 5.32 Å². The molecular weight excluding hydrogens is 205 g/mol. The Morgan fingerprint density at radius 2 is 2.21 bits per heavy atom. The maximum Gasteiger partial charge on any atom is 0.185 e. The molecule has 0 fully saturated rings. The molecule has 0 bridgehead atoms. The highest BCUT2D eigenvalue weighted by Gasteiger charge is 1.94. The topological polar surface area (TPSA) is 61.9 Å². The Balaban J connectivity index is 0.00000169. The molecule has 78 valence electrons. The van der Waals surface area contributed by atoms with Crippen LogP contribution in [0.25, 0.3) is 0 Å². The molecule has 1 aromatic rings. The molecule has 0 aliphatic heterocycles. The predicted octanol–water partition coefficient (Wildman–Crippen LogP) is 1.27. The summed E-state index contributed by atoms with van der Waals surface area (Å²) in [6, 6.07) is 6.38. The fourth-order valence-corrected chi connectivity index (χ4v) is 1.03. The van der Waals surface area contributed by atoms with Crippen LogP contribution in [0, 0.1) is 11.2 Å². The van der Waals surface area contributed by atoms with Crippen LogP contribution in [0.2, 0.25) is 0 Å². The van der Waals surface area contributed by atoms with Crippen LogP contribution in [-0.2, 0) is 6.42 Å². The Hall–Kier alpha value is -1.29. The third-order valence-corrected chi connectivity index (χ3v) is 1.62. The van der Waals surface area contributed by atoms with Crippen molar-refractivity contribution >= 4 is 18.4 Å². The zero-order chi connectivity index (χ0) is 9.68. The van der Waals surface area contributed by atoms with E-state index in [-0.39, 0.29) is 24.2 Å². The van der Waals surface area contributed by atoms with E-state index < -0.39 is 0 Å². The second kappa shape index (κ2) is 6.21. The van der Waals surface area contributed by atoms with Crippen LogP contribution < -0.4 is 11.1 Å². The summed E-state index contributed by atoms with van der Waals surface area (Å²) in [5.74, 6) is -0.295. The van der Waals surface area contributed by atoms with Crippen LogP contribution >= 0.6 is 12.4 Å². The monoisotopic (exact) mass is 217 g/mol. The number of benzene rings is 1. The predicted molar refractivity (Wildman–Crippen MR) is 57.3 cm³/mol. The summed E-state index contributed by atoms with van der Waals surface area (Å²) in [4.78, 5) is 0. The Morgan fingerprint density at radius 3 is 2.79 bits per heavy atom. The Kier molecular flexibility index (Phi) is 5.64. The van der Waals surface area contributed by atoms with Crippen LogP contribution in [0.5, 0.6) is 0 Å². The molecule has 14 heavy (non-hydrogen) atoms. The molecule has 1 aromatic carbocycles. The lowest BCUT2D eigenvalue weighted by atomic mass is 10.1. The zero-order valence-corrected chi connectivity index (χ0v) is 8.40. The highest BCUT2D eigenvalue weighted by atomic mass is 35.5. The summed E-state index contributed by atoms with van der Waals surface area (Å²) in [5.41, 5.74) is 5.98. The summed E-state index contributed by atoms with van der Waals surface area (Å²) < 4.78 is 12.7. The quantitative estimate of drug-likeness (QED) is 0.528. The van der Waals surface area contributed by atoms with Crippen molar-refractivity contribution < 1.29 is 4.39 Å². The van der Waals surface area contributed by atoms with Crippen LogP contribution in [0.15, 0.2) is 24.3 Å². The third kappa shape index (κ3) is 4.67. The third-order valence-electron chi connectivity index (χ3n) is 1.62. The second-order valence-electron chi connectivity index (χ2n) is 2.72. The lowest BCUT2D eigenvalue weighted by Crippen LogP contribution is -2.31. The van der Waals surface area contributed by atoms with Gasteiger partial charge in [-0.05, 0) is 24.1 Å². The van der Waals surface area contributed by atoms with Gasteiger partial charge >= 0.3 is 0 Å². The SMILES string of the molecule is Cl.N=C(N)NCCc1cccc(F)c1. The molecule has 0 atom stereocenters. The van der Waals surface area contributed by atoms with E-state index in [0.717, 1.165) is 5.56 Å². The lowest BCUT2D eigenvalue weighted by molar-refractivity contribution is 0.625. The van der Waals surface area contributed by atoms with Gasteiger partial charge in [-0.2, -0.15) is 0 Å². The van der Waals surface area contributed by atoms with E-state index in [1.165, 1.54) is 12.1 Å². The standard InChI is InChI=1S/C9H12FN3.ClH/c10-8-3-1-2-7(6-8)4-5-13-9(11)12;/h1-3,6H,4-5H2,(H4,11,12,13);1H. The van der Waals surface area contributed by atoms with Crippen LogP contribution in [0.3, 0.4) is 0 Å². The first-order chi connectivity index (χ1) is 6.18. The highest BCUT2D eigenvalue weighted by Crippen LogP contribution is 2.03. The normalized spacial score (nSPS) is 8.93. The van der Waals surface area contributed by atoms with Gasteiger partial charge in [-0.1, -0.05) is 12.1 Å². The minimum absolute atomic E-state index is 0. The average molecular weight is 218 g/mol. The van der Waals surface area contributed by atoms with Gasteiger partial charge in [0, 0.05) is 6.54 Å². The summed E-state index contributed by atoms with van der Waals surface area (Å²) in [6.45, 7) is 0.554. The first kappa shape index (κ1) is 12.7.